The van der Waals surface area contributed by atoms with Crippen molar-refractivity contribution in [1.82, 2.24) is 4.90 Å². The highest BCUT2D eigenvalue weighted by atomic mass is 19.1. The summed E-state index contributed by atoms with van der Waals surface area (Å²) in [6.07, 6.45) is 1.60. The second kappa shape index (κ2) is 7.73. The Kier molecular flexibility index (Phi) is 5.91. The van der Waals surface area contributed by atoms with Crippen LogP contribution in [0.3, 0.4) is 0 Å². The van der Waals surface area contributed by atoms with Crippen molar-refractivity contribution >= 4 is 11.9 Å². The number of nitrogens with zero attached hydrogens (tertiary/aromatic N) is 1. The zero-order valence-corrected chi connectivity index (χ0v) is 14.1. The number of hydrogen-bond acceptors (Lipinski definition) is 3. The zero-order valence-electron chi connectivity index (χ0n) is 14.1. The third kappa shape index (κ3) is 3.91. The van der Waals surface area contributed by atoms with Gasteiger partial charge < -0.3 is 9.64 Å². The summed E-state index contributed by atoms with van der Waals surface area (Å²) in [6, 6.07) is 3.34. The molecule has 0 saturated carbocycles. The van der Waals surface area contributed by atoms with E-state index < -0.39 is 23.0 Å². The van der Waals surface area contributed by atoms with E-state index in [1.54, 1.807) is 18.7 Å². The maximum absolute atomic E-state index is 14.1. The van der Waals surface area contributed by atoms with E-state index in [1.165, 1.54) is 12.1 Å². The Hall–Kier alpha value is -1.98. The van der Waals surface area contributed by atoms with Crippen LogP contribution in [0.4, 0.5) is 8.78 Å². The molecule has 1 saturated heterocycles. The maximum Gasteiger partial charge on any atom is 0.314 e. The molecule has 132 valence electrons. The minimum absolute atomic E-state index is 0.0389. The standard InChI is InChI=1S/C18H23F2NO3/c1-3-16(22)21-9-5-8-18(12-21,17(23)24-4-2)11-13-6-7-14(19)10-15(13)20/h6-7,10H,3-5,8-9,11-12H2,1-2H3/t18-/m1/s1. The van der Waals surface area contributed by atoms with Gasteiger partial charge in [-0.2, -0.15) is 0 Å². The molecule has 2 rings (SSSR count). The molecule has 1 heterocycles. The van der Waals surface area contributed by atoms with Gasteiger partial charge in [0.25, 0.3) is 0 Å². The normalized spacial score (nSPS) is 20.8. The van der Waals surface area contributed by atoms with Gasteiger partial charge in [0.05, 0.1) is 12.0 Å². The highest BCUT2D eigenvalue weighted by molar-refractivity contribution is 5.81. The molecule has 0 radical (unpaired) electrons. The van der Waals surface area contributed by atoms with Gasteiger partial charge in [0.1, 0.15) is 11.6 Å². The summed E-state index contributed by atoms with van der Waals surface area (Å²) in [5.41, 5.74) is -0.729. The number of rotatable bonds is 5. The van der Waals surface area contributed by atoms with Gasteiger partial charge >= 0.3 is 5.97 Å². The minimum Gasteiger partial charge on any atom is -0.466 e. The zero-order chi connectivity index (χ0) is 17.7. The molecule has 0 unspecified atom stereocenters. The van der Waals surface area contributed by atoms with Crippen LogP contribution in [-0.4, -0.2) is 36.5 Å². The molecule has 6 heteroatoms. The van der Waals surface area contributed by atoms with Gasteiger partial charge in [0, 0.05) is 25.6 Å². The van der Waals surface area contributed by atoms with E-state index in [0.717, 1.165) is 6.07 Å². The summed E-state index contributed by atoms with van der Waals surface area (Å²) < 4.78 is 32.4. The molecule has 1 fully saturated rings. The van der Waals surface area contributed by atoms with Gasteiger partial charge in [-0.1, -0.05) is 13.0 Å². The topological polar surface area (TPSA) is 46.6 Å². The molecular formula is C18H23F2NO3. The average molecular weight is 339 g/mol. The lowest BCUT2D eigenvalue weighted by atomic mass is 9.75. The average Bonchev–Trinajstić information content (AvgIpc) is 2.57. The van der Waals surface area contributed by atoms with E-state index in [0.29, 0.717) is 25.8 Å². The van der Waals surface area contributed by atoms with E-state index in [1.807, 2.05) is 0 Å². The largest absolute Gasteiger partial charge is 0.466 e. The van der Waals surface area contributed by atoms with Crippen molar-refractivity contribution in [1.29, 1.82) is 0 Å². The molecule has 24 heavy (non-hydrogen) atoms. The molecule has 4 nitrogen and oxygen atoms in total. The Bertz CT molecular complexity index is 620. The number of amides is 1. The second-order valence-corrected chi connectivity index (χ2v) is 6.19. The molecule has 1 aromatic rings. The van der Waals surface area contributed by atoms with Gasteiger partial charge in [-0.25, -0.2) is 8.78 Å². The molecule has 1 aromatic carbocycles. The molecule has 0 bridgehead atoms. The van der Waals surface area contributed by atoms with Crippen molar-refractivity contribution in [3.63, 3.8) is 0 Å². The fourth-order valence-electron chi connectivity index (χ4n) is 3.27. The molecular weight excluding hydrogens is 316 g/mol. The summed E-state index contributed by atoms with van der Waals surface area (Å²) in [7, 11) is 0. The smallest absolute Gasteiger partial charge is 0.314 e. The molecule has 0 spiro atoms. The summed E-state index contributed by atoms with van der Waals surface area (Å²) in [5, 5.41) is 0. The molecule has 1 aliphatic rings. The maximum atomic E-state index is 14.1. The van der Waals surface area contributed by atoms with Crippen molar-refractivity contribution in [2.24, 2.45) is 5.41 Å². The number of esters is 1. The van der Waals surface area contributed by atoms with Crippen LogP contribution >= 0.6 is 0 Å². The minimum atomic E-state index is -0.988. The van der Waals surface area contributed by atoms with Crippen molar-refractivity contribution in [3.8, 4) is 0 Å². The second-order valence-electron chi connectivity index (χ2n) is 6.19. The van der Waals surface area contributed by atoms with E-state index in [-0.39, 0.29) is 31.0 Å². The fourth-order valence-corrected chi connectivity index (χ4v) is 3.27. The van der Waals surface area contributed by atoms with Crippen LogP contribution in [0.5, 0.6) is 0 Å². The molecule has 0 N–H and O–H groups in total. The lowest BCUT2D eigenvalue weighted by Crippen LogP contribution is -2.51. The first-order chi connectivity index (χ1) is 11.4. The van der Waals surface area contributed by atoms with Crippen molar-refractivity contribution < 1.29 is 23.1 Å². The number of piperidine rings is 1. The molecule has 1 amide bonds. The van der Waals surface area contributed by atoms with E-state index in [4.69, 9.17) is 4.74 Å². The van der Waals surface area contributed by atoms with Crippen LogP contribution in [0.2, 0.25) is 0 Å². The molecule has 1 atom stereocenters. The highest BCUT2D eigenvalue weighted by Gasteiger charge is 2.45. The highest BCUT2D eigenvalue weighted by Crippen LogP contribution is 2.36. The molecule has 0 aromatic heterocycles. The lowest BCUT2D eigenvalue weighted by molar-refractivity contribution is -0.160. The van der Waals surface area contributed by atoms with Gasteiger partial charge in [-0.05, 0) is 37.8 Å². The van der Waals surface area contributed by atoms with Crippen LogP contribution in [0.15, 0.2) is 18.2 Å². The Labute approximate surface area is 140 Å². The number of ether oxygens (including phenoxy) is 1. The van der Waals surface area contributed by atoms with Crippen LogP contribution in [-0.2, 0) is 20.7 Å². The SMILES string of the molecule is CCOC(=O)[C@@]1(Cc2ccc(F)cc2F)CCCN(C(=O)CC)C1. The first-order valence-corrected chi connectivity index (χ1v) is 8.31. The van der Waals surface area contributed by atoms with Crippen LogP contribution in [0.25, 0.3) is 0 Å². The number of halogens is 2. The van der Waals surface area contributed by atoms with Crippen molar-refractivity contribution in [3.05, 3.63) is 35.4 Å². The Balaban J connectivity index is 2.33. The van der Waals surface area contributed by atoms with E-state index in [9.17, 15) is 18.4 Å². The fraction of sp³-hybridized carbons (Fsp3) is 0.556. The third-order valence-corrected chi connectivity index (χ3v) is 4.48. The Morgan fingerprint density at radius 2 is 2.04 bits per heavy atom. The molecule has 1 aliphatic heterocycles. The Morgan fingerprint density at radius 1 is 1.29 bits per heavy atom. The van der Waals surface area contributed by atoms with Crippen molar-refractivity contribution in [2.75, 3.05) is 19.7 Å². The number of hydrogen-bond donors (Lipinski definition) is 0. The summed E-state index contributed by atoms with van der Waals surface area (Å²) in [4.78, 5) is 26.3. The van der Waals surface area contributed by atoms with E-state index >= 15 is 0 Å². The number of likely N-dealkylation sites (tertiary alicyclic amines) is 1. The van der Waals surface area contributed by atoms with Gasteiger partial charge in [-0.3, -0.25) is 9.59 Å². The van der Waals surface area contributed by atoms with Crippen LogP contribution < -0.4 is 0 Å². The number of carbonyl (C=O) groups is 2. The van der Waals surface area contributed by atoms with Crippen LogP contribution in [0, 0.1) is 17.0 Å². The summed E-state index contributed by atoms with van der Waals surface area (Å²) in [6.45, 7) is 4.48. The first kappa shape index (κ1) is 18.4. The predicted octanol–water partition coefficient (Wildman–Crippen LogP) is 3.09. The summed E-state index contributed by atoms with van der Waals surface area (Å²) in [5.74, 6) is -1.81. The quantitative estimate of drug-likeness (QED) is 0.775. The van der Waals surface area contributed by atoms with Gasteiger partial charge in [0.15, 0.2) is 0 Å². The number of benzene rings is 1. The van der Waals surface area contributed by atoms with E-state index in [2.05, 4.69) is 0 Å². The van der Waals surface area contributed by atoms with Gasteiger partial charge in [-0.15, -0.1) is 0 Å². The van der Waals surface area contributed by atoms with Gasteiger partial charge in [0.2, 0.25) is 5.91 Å². The predicted molar refractivity (Wildman–Crippen MR) is 85.2 cm³/mol. The monoisotopic (exact) mass is 339 g/mol. The summed E-state index contributed by atoms with van der Waals surface area (Å²) >= 11 is 0. The first-order valence-electron chi connectivity index (χ1n) is 8.31. The molecule has 0 aliphatic carbocycles. The third-order valence-electron chi connectivity index (χ3n) is 4.48. The van der Waals surface area contributed by atoms with Crippen molar-refractivity contribution in [2.45, 2.75) is 39.5 Å². The number of carbonyl (C=O) groups excluding carboxylic acids is 2. The van der Waals surface area contributed by atoms with Crippen LogP contribution in [0.1, 0.15) is 38.7 Å². The Morgan fingerprint density at radius 3 is 2.67 bits per heavy atom. The lowest BCUT2D eigenvalue weighted by Gasteiger charge is -2.41.